The van der Waals surface area contributed by atoms with E-state index in [-0.39, 0.29) is 17.4 Å². The summed E-state index contributed by atoms with van der Waals surface area (Å²) in [4.78, 5) is 5.55. The molecule has 2 aliphatic heterocycles. The molecule has 1 spiro atoms. The van der Waals surface area contributed by atoms with Crippen molar-refractivity contribution in [2.24, 2.45) is 0 Å². The van der Waals surface area contributed by atoms with Crippen LogP contribution in [0.4, 0.5) is 0 Å². The van der Waals surface area contributed by atoms with Gasteiger partial charge in [0.2, 0.25) is 0 Å². The van der Waals surface area contributed by atoms with E-state index >= 15 is 0 Å². The number of hydrogen-bond acceptors (Lipinski definition) is 4. The van der Waals surface area contributed by atoms with Crippen LogP contribution in [0, 0.1) is 0 Å². The van der Waals surface area contributed by atoms with Crippen LogP contribution in [0.25, 0.3) is 0 Å². The van der Waals surface area contributed by atoms with Crippen molar-refractivity contribution in [3.8, 4) is 0 Å². The first kappa shape index (κ1) is 11.9. The molecule has 0 radical (unpaired) electrons. The minimum absolute atomic E-state index is 0.0268. The van der Waals surface area contributed by atoms with Crippen LogP contribution >= 0.6 is 0 Å². The summed E-state index contributed by atoms with van der Waals surface area (Å²) in [5, 5.41) is 1.96. The zero-order chi connectivity index (χ0) is 11.9. The molecular weight excluding hydrogens is 218 g/mol. The summed E-state index contributed by atoms with van der Waals surface area (Å²) in [6.07, 6.45) is 7.07. The van der Waals surface area contributed by atoms with Crippen LogP contribution in [0.5, 0.6) is 0 Å². The van der Waals surface area contributed by atoms with E-state index in [9.17, 15) is 0 Å². The van der Waals surface area contributed by atoms with Crippen LogP contribution in [0.15, 0.2) is 0 Å². The Kier molecular flexibility index (Phi) is 2.94. The van der Waals surface area contributed by atoms with Crippen molar-refractivity contribution in [3.63, 3.8) is 0 Å². The minimum Gasteiger partial charge on any atom is -0.347 e. The van der Waals surface area contributed by atoms with Gasteiger partial charge in [-0.1, -0.05) is 6.42 Å². The summed E-state index contributed by atoms with van der Waals surface area (Å²) >= 11 is 0. The highest BCUT2D eigenvalue weighted by atomic mass is 16.8. The fourth-order valence-electron chi connectivity index (χ4n) is 3.27. The molecule has 0 aromatic heterocycles. The van der Waals surface area contributed by atoms with Gasteiger partial charge in [-0.25, -0.2) is 0 Å². The Hall–Kier alpha value is -0.160. The van der Waals surface area contributed by atoms with Gasteiger partial charge < -0.3 is 9.47 Å². The molecule has 4 nitrogen and oxygen atoms in total. The quantitative estimate of drug-likeness (QED) is 0.703. The minimum atomic E-state index is -0.268. The summed E-state index contributed by atoms with van der Waals surface area (Å²) in [5.74, 6) is -0.268. The molecule has 0 amide bonds. The van der Waals surface area contributed by atoms with Gasteiger partial charge in [0.05, 0.1) is 18.8 Å². The standard InChI is InChI=1S/C13H23NO3/c1-12(8-9-16-14(12)2)11-10-15-13(17-11)6-4-3-5-7-13/h11H,3-10H2,1-2H3/t11-,12+/m1/s1. The van der Waals surface area contributed by atoms with Crippen LogP contribution < -0.4 is 0 Å². The van der Waals surface area contributed by atoms with E-state index in [4.69, 9.17) is 14.3 Å². The van der Waals surface area contributed by atoms with Gasteiger partial charge in [-0.3, -0.25) is 4.84 Å². The molecule has 3 aliphatic rings. The van der Waals surface area contributed by atoms with E-state index in [0.29, 0.717) is 6.61 Å². The largest absolute Gasteiger partial charge is 0.347 e. The maximum atomic E-state index is 6.30. The molecule has 0 N–H and O–H groups in total. The lowest BCUT2D eigenvalue weighted by atomic mass is 9.91. The van der Waals surface area contributed by atoms with E-state index in [0.717, 1.165) is 25.9 Å². The number of hydroxylamine groups is 2. The van der Waals surface area contributed by atoms with Gasteiger partial charge in [-0.2, -0.15) is 5.06 Å². The van der Waals surface area contributed by atoms with Gasteiger partial charge in [0.1, 0.15) is 6.10 Å². The molecule has 0 aromatic carbocycles. The first-order valence-electron chi connectivity index (χ1n) is 6.83. The first-order chi connectivity index (χ1) is 8.15. The monoisotopic (exact) mass is 241 g/mol. The molecule has 17 heavy (non-hydrogen) atoms. The average molecular weight is 241 g/mol. The molecule has 0 unspecified atom stereocenters. The third-order valence-corrected chi connectivity index (χ3v) is 4.78. The number of likely N-dealkylation sites (N-methyl/N-ethyl adjacent to an activating group) is 1. The maximum absolute atomic E-state index is 6.30. The summed E-state index contributed by atoms with van der Waals surface area (Å²) in [7, 11) is 2.00. The van der Waals surface area contributed by atoms with Crippen LogP contribution in [-0.4, -0.2) is 42.8 Å². The van der Waals surface area contributed by atoms with E-state index in [1.165, 1.54) is 19.3 Å². The SMILES string of the molecule is CN1OCC[C@@]1(C)[C@H]1COC2(CCCCC2)O1. The highest BCUT2D eigenvalue weighted by Crippen LogP contribution is 2.43. The summed E-state index contributed by atoms with van der Waals surface area (Å²) in [6.45, 7) is 3.72. The average Bonchev–Trinajstić information content (AvgIpc) is 2.88. The van der Waals surface area contributed by atoms with E-state index in [2.05, 4.69) is 6.92 Å². The highest BCUT2D eigenvalue weighted by Gasteiger charge is 2.52. The van der Waals surface area contributed by atoms with Gasteiger partial charge in [0.25, 0.3) is 0 Å². The molecule has 1 aliphatic carbocycles. The molecule has 2 atom stereocenters. The fourth-order valence-corrected chi connectivity index (χ4v) is 3.27. The van der Waals surface area contributed by atoms with E-state index < -0.39 is 0 Å². The van der Waals surface area contributed by atoms with Crippen molar-refractivity contribution in [1.82, 2.24) is 5.06 Å². The molecule has 4 heteroatoms. The summed E-state index contributed by atoms with van der Waals surface area (Å²) in [6, 6.07) is 0. The summed E-state index contributed by atoms with van der Waals surface area (Å²) in [5.41, 5.74) is -0.0268. The second-order valence-electron chi connectivity index (χ2n) is 5.83. The number of rotatable bonds is 1. The Bertz CT molecular complexity index is 290. The second kappa shape index (κ2) is 4.19. The highest BCUT2D eigenvalue weighted by molar-refractivity contribution is 4.97. The van der Waals surface area contributed by atoms with Crippen molar-refractivity contribution in [2.75, 3.05) is 20.3 Å². The molecule has 1 saturated carbocycles. The van der Waals surface area contributed by atoms with Crippen molar-refractivity contribution < 1.29 is 14.3 Å². The van der Waals surface area contributed by atoms with E-state index in [1.54, 1.807) is 0 Å². The summed E-state index contributed by atoms with van der Waals surface area (Å²) < 4.78 is 12.3. The van der Waals surface area contributed by atoms with Gasteiger partial charge >= 0.3 is 0 Å². The molecule has 0 bridgehead atoms. The van der Waals surface area contributed by atoms with Crippen molar-refractivity contribution in [1.29, 1.82) is 0 Å². The smallest absolute Gasteiger partial charge is 0.169 e. The normalized spacial score (nSPS) is 42.4. The van der Waals surface area contributed by atoms with Crippen LogP contribution in [0.2, 0.25) is 0 Å². The number of hydrogen-bond donors (Lipinski definition) is 0. The lowest BCUT2D eigenvalue weighted by Gasteiger charge is -2.37. The number of nitrogens with zero attached hydrogens (tertiary/aromatic N) is 1. The van der Waals surface area contributed by atoms with Crippen molar-refractivity contribution >= 4 is 0 Å². The van der Waals surface area contributed by atoms with Crippen LogP contribution in [-0.2, 0) is 14.3 Å². The predicted octanol–water partition coefficient (Wildman–Crippen LogP) is 2.09. The Balaban J connectivity index is 1.71. The fraction of sp³-hybridized carbons (Fsp3) is 1.00. The Morgan fingerprint density at radius 2 is 1.88 bits per heavy atom. The zero-order valence-electron chi connectivity index (χ0n) is 10.9. The Morgan fingerprint density at radius 1 is 1.12 bits per heavy atom. The molecule has 2 saturated heterocycles. The van der Waals surface area contributed by atoms with Gasteiger partial charge in [-0.05, 0) is 26.2 Å². The molecule has 2 heterocycles. The third-order valence-electron chi connectivity index (χ3n) is 4.78. The van der Waals surface area contributed by atoms with Gasteiger partial charge in [0.15, 0.2) is 5.79 Å². The number of ether oxygens (including phenoxy) is 2. The van der Waals surface area contributed by atoms with Gasteiger partial charge in [0, 0.05) is 19.9 Å². The second-order valence-corrected chi connectivity index (χ2v) is 5.83. The molecule has 98 valence electrons. The lowest BCUT2D eigenvalue weighted by molar-refractivity contribution is -0.216. The van der Waals surface area contributed by atoms with Crippen molar-refractivity contribution in [3.05, 3.63) is 0 Å². The lowest BCUT2D eigenvalue weighted by Crippen LogP contribution is -2.50. The van der Waals surface area contributed by atoms with Gasteiger partial charge in [-0.15, -0.1) is 0 Å². The molecule has 3 rings (SSSR count). The topological polar surface area (TPSA) is 30.9 Å². The first-order valence-corrected chi connectivity index (χ1v) is 6.83. The predicted molar refractivity (Wildman–Crippen MR) is 63.4 cm³/mol. The molecule has 0 aromatic rings. The Morgan fingerprint density at radius 3 is 2.53 bits per heavy atom. The van der Waals surface area contributed by atoms with Crippen LogP contribution in [0.1, 0.15) is 45.4 Å². The third kappa shape index (κ3) is 1.91. The molecule has 3 fully saturated rings. The molecular formula is C13H23NO3. The maximum Gasteiger partial charge on any atom is 0.169 e. The zero-order valence-corrected chi connectivity index (χ0v) is 10.9. The Labute approximate surface area is 103 Å². The van der Waals surface area contributed by atoms with Crippen molar-refractivity contribution in [2.45, 2.75) is 62.9 Å². The van der Waals surface area contributed by atoms with Crippen LogP contribution in [0.3, 0.4) is 0 Å². The van der Waals surface area contributed by atoms with E-state index in [1.807, 2.05) is 12.1 Å².